The molecule has 0 saturated carbocycles. The minimum absolute atomic E-state index is 0.0810. The molecule has 0 amide bonds. The number of benzene rings is 2. The molecule has 0 aromatic heterocycles. The summed E-state index contributed by atoms with van der Waals surface area (Å²) in [5.41, 5.74) is 2.22. The van der Waals surface area contributed by atoms with Crippen LogP contribution in [0.4, 0.5) is 0 Å². The van der Waals surface area contributed by atoms with E-state index >= 15 is 0 Å². The number of fused-ring (bicyclic) bond motifs is 2. The summed E-state index contributed by atoms with van der Waals surface area (Å²) in [5, 5.41) is 0. The molecule has 0 bridgehead atoms. The highest BCUT2D eigenvalue weighted by Gasteiger charge is 2.46. The molecule has 0 saturated heterocycles. The minimum atomic E-state index is -0.742. The van der Waals surface area contributed by atoms with Crippen LogP contribution in [0.15, 0.2) is 36.4 Å². The van der Waals surface area contributed by atoms with Gasteiger partial charge in [0.15, 0.2) is 11.5 Å². The van der Waals surface area contributed by atoms with Crippen molar-refractivity contribution in [2.24, 2.45) is 5.92 Å². The summed E-state index contributed by atoms with van der Waals surface area (Å²) >= 11 is 0. The lowest BCUT2D eigenvalue weighted by Crippen LogP contribution is -2.47. The van der Waals surface area contributed by atoms with Crippen LogP contribution in [0.3, 0.4) is 0 Å². The van der Waals surface area contributed by atoms with Crippen molar-refractivity contribution in [3.8, 4) is 23.0 Å². The molecule has 0 radical (unpaired) electrons. The van der Waals surface area contributed by atoms with Crippen molar-refractivity contribution in [2.45, 2.75) is 25.6 Å². The Morgan fingerprint density at radius 2 is 1.80 bits per heavy atom. The molecule has 5 nitrogen and oxygen atoms in total. The average molecular weight is 342 g/mol. The number of ether oxygens (including phenoxy) is 5. The summed E-state index contributed by atoms with van der Waals surface area (Å²) in [7, 11) is 3.36. The van der Waals surface area contributed by atoms with Crippen LogP contribution in [0.25, 0.3) is 0 Å². The van der Waals surface area contributed by atoms with Gasteiger partial charge in [0.25, 0.3) is 0 Å². The third-order valence-corrected chi connectivity index (χ3v) is 5.34. The number of hydrogen-bond acceptors (Lipinski definition) is 5. The van der Waals surface area contributed by atoms with E-state index in [1.165, 1.54) is 0 Å². The van der Waals surface area contributed by atoms with Crippen molar-refractivity contribution in [1.82, 2.24) is 0 Å². The Kier molecular flexibility index (Phi) is 3.76. The van der Waals surface area contributed by atoms with Gasteiger partial charge in [-0.2, -0.15) is 0 Å². The van der Waals surface area contributed by atoms with E-state index < -0.39 is 5.79 Å². The summed E-state index contributed by atoms with van der Waals surface area (Å²) in [6.07, 6.45) is 0. The van der Waals surface area contributed by atoms with Crippen molar-refractivity contribution in [2.75, 3.05) is 21.0 Å². The zero-order valence-corrected chi connectivity index (χ0v) is 14.9. The smallest absolute Gasteiger partial charge is 0.231 e. The molecule has 0 aliphatic carbocycles. The molecule has 132 valence electrons. The molecule has 4 rings (SSSR count). The van der Waals surface area contributed by atoms with Crippen molar-refractivity contribution in [3.63, 3.8) is 0 Å². The van der Waals surface area contributed by atoms with Gasteiger partial charge >= 0.3 is 0 Å². The van der Waals surface area contributed by atoms with Gasteiger partial charge in [0, 0.05) is 37.5 Å². The van der Waals surface area contributed by atoms with Crippen LogP contribution in [0.2, 0.25) is 0 Å². The maximum Gasteiger partial charge on any atom is 0.231 e. The highest BCUT2D eigenvalue weighted by Crippen LogP contribution is 2.52. The first-order chi connectivity index (χ1) is 12.1. The van der Waals surface area contributed by atoms with Gasteiger partial charge < -0.3 is 23.7 Å². The molecule has 0 unspecified atom stereocenters. The van der Waals surface area contributed by atoms with Crippen molar-refractivity contribution in [3.05, 3.63) is 47.5 Å². The number of methoxy groups -OCH3 is 2. The molecule has 0 N–H and O–H groups in total. The molecule has 2 aliphatic rings. The van der Waals surface area contributed by atoms with E-state index in [0.29, 0.717) is 5.75 Å². The topological polar surface area (TPSA) is 46.2 Å². The van der Waals surface area contributed by atoms with Crippen molar-refractivity contribution < 1.29 is 23.7 Å². The molecule has 0 fully saturated rings. The second-order valence-electron chi connectivity index (χ2n) is 6.61. The molecule has 3 atom stereocenters. The standard InChI is InChI=1S/C20H22O5/c1-12-19(13-6-5-7-14(8-13)21-3)15-9-17-18(24-11-23-17)10-16(15)25-20(12,2)22-4/h5-10,12,19H,11H2,1-4H3/t12-,19-,20-/m1/s1. The highest BCUT2D eigenvalue weighted by atomic mass is 16.7. The van der Waals surface area contributed by atoms with Crippen LogP contribution in [-0.4, -0.2) is 26.8 Å². The maximum absolute atomic E-state index is 6.23. The lowest BCUT2D eigenvalue weighted by atomic mass is 9.75. The molecule has 25 heavy (non-hydrogen) atoms. The molecule has 5 heteroatoms. The van der Waals surface area contributed by atoms with E-state index in [1.54, 1.807) is 14.2 Å². The summed E-state index contributed by atoms with van der Waals surface area (Å²) in [5.74, 6) is 2.47. The Bertz CT molecular complexity index is 803. The highest BCUT2D eigenvalue weighted by molar-refractivity contribution is 5.56. The fraction of sp³-hybridized carbons (Fsp3) is 0.400. The van der Waals surface area contributed by atoms with E-state index in [4.69, 9.17) is 23.7 Å². The van der Waals surface area contributed by atoms with E-state index in [9.17, 15) is 0 Å². The first kappa shape index (κ1) is 16.1. The summed E-state index contributed by atoms with van der Waals surface area (Å²) in [6.45, 7) is 4.35. The summed E-state index contributed by atoms with van der Waals surface area (Å²) in [6, 6.07) is 12.1. The van der Waals surface area contributed by atoms with Gasteiger partial charge in [-0.1, -0.05) is 19.1 Å². The van der Waals surface area contributed by atoms with Crippen molar-refractivity contribution >= 4 is 0 Å². The predicted molar refractivity (Wildman–Crippen MR) is 92.6 cm³/mol. The number of hydrogen-bond donors (Lipinski definition) is 0. The zero-order valence-electron chi connectivity index (χ0n) is 14.9. The molecular formula is C20H22O5. The lowest BCUT2D eigenvalue weighted by Gasteiger charge is -2.44. The van der Waals surface area contributed by atoms with Crippen LogP contribution in [0, 0.1) is 5.92 Å². The second kappa shape index (κ2) is 5.85. The Morgan fingerprint density at radius 1 is 1.04 bits per heavy atom. The average Bonchev–Trinajstić information content (AvgIpc) is 3.08. The van der Waals surface area contributed by atoms with Crippen LogP contribution < -0.4 is 18.9 Å². The predicted octanol–water partition coefficient (Wildman–Crippen LogP) is 3.95. The van der Waals surface area contributed by atoms with E-state index in [1.807, 2.05) is 31.2 Å². The molecule has 2 aromatic rings. The monoisotopic (exact) mass is 342 g/mol. The fourth-order valence-corrected chi connectivity index (χ4v) is 3.68. The van der Waals surface area contributed by atoms with Crippen LogP contribution in [0.1, 0.15) is 30.9 Å². The normalized spacial score (nSPS) is 26.7. The van der Waals surface area contributed by atoms with Gasteiger partial charge in [-0.3, -0.25) is 0 Å². The molecule has 2 aromatic carbocycles. The van der Waals surface area contributed by atoms with Gasteiger partial charge in [0.1, 0.15) is 11.5 Å². The summed E-state index contributed by atoms with van der Waals surface area (Å²) in [4.78, 5) is 0. The SMILES string of the molecule is COc1cccc([C@@H]2c3cc4c(cc3O[C@@](C)(OC)[C@@H]2C)OCO4)c1. The van der Waals surface area contributed by atoms with Gasteiger partial charge in [0.2, 0.25) is 12.6 Å². The van der Waals surface area contributed by atoms with E-state index in [0.717, 1.165) is 28.4 Å². The Morgan fingerprint density at radius 3 is 2.52 bits per heavy atom. The Balaban J connectivity index is 1.89. The van der Waals surface area contributed by atoms with E-state index in [-0.39, 0.29) is 18.6 Å². The number of rotatable bonds is 3. The molecule has 2 heterocycles. The van der Waals surface area contributed by atoms with Crippen LogP contribution in [-0.2, 0) is 4.74 Å². The van der Waals surface area contributed by atoms with Crippen molar-refractivity contribution in [1.29, 1.82) is 0 Å². The molecular weight excluding hydrogens is 320 g/mol. The summed E-state index contributed by atoms with van der Waals surface area (Å²) < 4.78 is 28.5. The van der Waals surface area contributed by atoms with Crippen LogP contribution >= 0.6 is 0 Å². The lowest BCUT2D eigenvalue weighted by molar-refractivity contribution is -0.194. The van der Waals surface area contributed by atoms with Gasteiger partial charge in [0.05, 0.1) is 7.11 Å². The van der Waals surface area contributed by atoms with Gasteiger partial charge in [-0.15, -0.1) is 0 Å². The maximum atomic E-state index is 6.23. The van der Waals surface area contributed by atoms with E-state index in [2.05, 4.69) is 19.1 Å². The first-order valence-electron chi connectivity index (χ1n) is 8.37. The van der Waals surface area contributed by atoms with Gasteiger partial charge in [-0.05, 0) is 23.8 Å². The Labute approximate surface area is 147 Å². The largest absolute Gasteiger partial charge is 0.497 e. The van der Waals surface area contributed by atoms with Gasteiger partial charge in [-0.25, -0.2) is 0 Å². The quantitative estimate of drug-likeness (QED) is 0.845. The molecule has 0 spiro atoms. The third kappa shape index (κ3) is 2.50. The first-order valence-corrected chi connectivity index (χ1v) is 8.37. The third-order valence-electron chi connectivity index (χ3n) is 5.34. The van der Waals surface area contributed by atoms with Crippen LogP contribution in [0.5, 0.6) is 23.0 Å². The fourth-order valence-electron chi connectivity index (χ4n) is 3.68. The second-order valence-corrected chi connectivity index (χ2v) is 6.61. The minimum Gasteiger partial charge on any atom is -0.497 e. The molecule has 2 aliphatic heterocycles. The Hall–Kier alpha value is -2.40. The zero-order chi connectivity index (χ0) is 17.6.